The molecule has 3 heterocycles. The number of sulfone groups is 1. The normalized spacial score (nSPS) is 39.5. The van der Waals surface area contributed by atoms with Gasteiger partial charge in [0.15, 0.2) is 9.84 Å². The molecule has 3 unspecified atom stereocenters. The Labute approximate surface area is 117 Å². The average Bonchev–Trinajstić information content (AvgIpc) is 2.95. The highest BCUT2D eigenvalue weighted by molar-refractivity contribution is 7.92. The van der Waals surface area contributed by atoms with Gasteiger partial charge in [0.05, 0.1) is 11.0 Å². The first-order valence-electron chi connectivity index (χ1n) is 7.80. The minimum Gasteiger partial charge on any atom is -0.298 e. The van der Waals surface area contributed by atoms with Gasteiger partial charge < -0.3 is 0 Å². The van der Waals surface area contributed by atoms with Crippen molar-refractivity contribution in [3.05, 3.63) is 0 Å². The molecule has 3 fully saturated rings. The van der Waals surface area contributed by atoms with E-state index in [1.165, 1.54) is 19.4 Å². The lowest BCUT2D eigenvalue weighted by molar-refractivity contribution is 0.0492. The van der Waals surface area contributed by atoms with Crippen LogP contribution in [0.1, 0.15) is 39.0 Å². The zero-order valence-corrected chi connectivity index (χ0v) is 12.7. The van der Waals surface area contributed by atoms with Crippen molar-refractivity contribution in [3.8, 4) is 0 Å². The van der Waals surface area contributed by atoms with Gasteiger partial charge >= 0.3 is 0 Å². The van der Waals surface area contributed by atoms with Crippen molar-refractivity contribution in [3.63, 3.8) is 0 Å². The average molecular weight is 286 g/mol. The minimum absolute atomic E-state index is 0.0884. The van der Waals surface area contributed by atoms with E-state index in [0.29, 0.717) is 17.8 Å². The molecule has 0 radical (unpaired) electrons. The molecule has 0 amide bonds. The molecule has 3 saturated heterocycles. The number of piperazine rings is 1. The van der Waals surface area contributed by atoms with E-state index in [1.54, 1.807) is 0 Å². The van der Waals surface area contributed by atoms with Gasteiger partial charge in [-0.2, -0.15) is 0 Å². The van der Waals surface area contributed by atoms with E-state index in [4.69, 9.17) is 0 Å². The van der Waals surface area contributed by atoms with E-state index >= 15 is 0 Å². The van der Waals surface area contributed by atoms with E-state index in [0.717, 1.165) is 38.9 Å². The summed E-state index contributed by atoms with van der Waals surface area (Å²) in [6, 6.07) is 1.25. The molecular weight excluding hydrogens is 260 g/mol. The van der Waals surface area contributed by atoms with Gasteiger partial charge in [-0.25, -0.2) is 8.42 Å². The van der Waals surface area contributed by atoms with Crippen LogP contribution in [0.2, 0.25) is 0 Å². The van der Waals surface area contributed by atoms with Gasteiger partial charge in [-0.15, -0.1) is 0 Å². The second kappa shape index (κ2) is 5.34. The Bertz CT molecular complexity index is 423. The molecule has 3 aliphatic heterocycles. The van der Waals surface area contributed by atoms with E-state index < -0.39 is 9.84 Å². The van der Waals surface area contributed by atoms with Crippen LogP contribution in [-0.4, -0.2) is 67.5 Å². The van der Waals surface area contributed by atoms with E-state index in [9.17, 15) is 8.42 Å². The van der Waals surface area contributed by atoms with Crippen LogP contribution in [0.15, 0.2) is 0 Å². The van der Waals surface area contributed by atoms with Crippen molar-refractivity contribution in [2.75, 3.05) is 31.9 Å². The molecule has 0 aromatic heterocycles. The summed E-state index contributed by atoms with van der Waals surface area (Å²) >= 11 is 0. The molecule has 5 heteroatoms. The summed E-state index contributed by atoms with van der Waals surface area (Å²) in [5, 5.41) is -0.0884. The zero-order chi connectivity index (χ0) is 13.5. The lowest BCUT2D eigenvalue weighted by Crippen LogP contribution is -2.57. The molecule has 3 atom stereocenters. The number of nitrogens with zero attached hydrogens (tertiary/aromatic N) is 2. The Kier molecular flexibility index (Phi) is 3.89. The topological polar surface area (TPSA) is 40.6 Å². The number of hydrogen-bond donors (Lipinski definition) is 0. The highest BCUT2D eigenvalue weighted by atomic mass is 32.2. The largest absolute Gasteiger partial charge is 0.298 e. The Morgan fingerprint density at radius 2 is 2.00 bits per heavy atom. The molecule has 3 rings (SSSR count). The molecule has 4 nitrogen and oxygen atoms in total. The Morgan fingerprint density at radius 3 is 2.68 bits per heavy atom. The molecule has 3 aliphatic rings. The molecule has 0 aromatic rings. The van der Waals surface area contributed by atoms with Crippen LogP contribution in [0.25, 0.3) is 0 Å². The highest BCUT2D eigenvalue weighted by Gasteiger charge is 2.39. The van der Waals surface area contributed by atoms with Crippen molar-refractivity contribution in [1.29, 1.82) is 0 Å². The summed E-state index contributed by atoms with van der Waals surface area (Å²) in [7, 11) is -2.80. The molecule has 0 bridgehead atoms. The van der Waals surface area contributed by atoms with Crippen molar-refractivity contribution < 1.29 is 8.42 Å². The first-order chi connectivity index (χ1) is 9.10. The van der Waals surface area contributed by atoms with Crippen molar-refractivity contribution in [1.82, 2.24) is 9.80 Å². The Morgan fingerprint density at radius 1 is 1.16 bits per heavy atom. The fourth-order valence-corrected chi connectivity index (χ4v) is 5.93. The fourth-order valence-electron chi connectivity index (χ4n) is 4.08. The number of fused-ring (bicyclic) bond motifs is 1. The standard InChI is InChI=1S/C14H26N2O2S/c1-2-12-9-15-7-3-5-13(15)10-16(12)11-14-6-4-8-19(14,17)18/h12-14H,2-11H2,1H3. The van der Waals surface area contributed by atoms with E-state index in [1.807, 2.05) is 0 Å². The third kappa shape index (κ3) is 2.69. The van der Waals surface area contributed by atoms with Crippen LogP contribution in [-0.2, 0) is 9.84 Å². The van der Waals surface area contributed by atoms with Crippen LogP contribution >= 0.6 is 0 Å². The van der Waals surface area contributed by atoms with Crippen LogP contribution in [0.4, 0.5) is 0 Å². The maximum atomic E-state index is 12.0. The quantitative estimate of drug-likeness (QED) is 0.779. The summed E-state index contributed by atoms with van der Waals surface area (Å²) in [6.45, 7) is 6.50. The third-order valence-electron chi connectivity index (χ3n) is 5.28. The van der Waals surface area contributed by atoms with Gasteiger partial charge in [0.2, 0.25) is 0 Å². The van der Waals surface area contributed by atoms with Crippen LogP contribution in [0.3, 0.4) is 0 Å². The Hall–Kier alpha value is -0.130. The summed E-state index contributed by atoms with van der Waals surface area (Å²) < 4.78 is 24.0. The Balaban J connectivity index is 1.68. The molecule has 0 spiro atoms. The van der Waals surface area contributed by atoms with Crippen LogP contribution < -0.4 is 0 Å². The van der Waals surface area contributed by atoms with Gasteiger partial charge in [-0.05, 0) is 38.6 Å². The predicted molar refractivity (Wildman–Crippen MR) is 77.1 cm³/mol. The molecule has 110 valence electrons. The van der Waals surface area contributed by atoms with Gasteiger partial charge in [0.25, 0.3) is 0 Å². The van der Waals surface area contributed by atoms with E-state index in [2.05, 4.69) is 16.7 Å². The first kappa shape index (κ1) is 13.8. The second-order valence-corrected chi connectivity index (χ2v) is 8.84. The molecule has 0 N–H and O–H groups in total. The first-order valence-corrected chi connectivity index (χ1v) is 9.51. The summed E-state index contributed by atoms with van der Waals surface area (Å²) in [5.41, 5.74) is 0. The fraction of sp³-hybridized carbons (Fsp3) is 1.00. The van der Waals surface area contributed by atoms with Crippen molar-refractivity contribution >= 4 is 9.84 Å². The lowest BCUT2D eigenvalue weighted by atomic mass is 10.0. The number of rotatable bonds is 3. The van der Waals surface area contributed by atoms with Gasteiger partial charge in [-0.1, -0.05) is 6.92 Å². The van der Waals surface area contributed by atoms with Crippen molar-refractivity contribution in [2.45, 2.75) is 56.4 Å². The van der Waals surface area contributed by atoms with Crippen molar-refractivity contribution in [2.24, 2.45) is 0 Å². The molecule has 19 heavy (non-hydrogen) atoms. The summed E-state index contributed by atoms with van der Waals surface area (Å²) in [4.78, 5) is 5.10. The summed E-state index contributed by atoms with van der Waals surface area (Å²) in [5.74, 6) is 0.415. The lowest BCUT2D eigenvalue weighted by Gasteiger charge is -2.44. The third-order valence-corrected chi connectivity index (χ3v) is 7.54. The summed E-state index contributed by atoms with van der Waals surface area (Å²) in [6.07, 6.45) is 5.49. The number of hydrogen-bond acceptors (Lipinski definition) is 4. The van der Waals surface area contributed by atoms with Crippen LogP contribution in [0.5, 0.6) is 0 Å². The van der Waals surface area contributed by atoms with Gasteiger partial charge in [0, 0.05) is 31.7 Å². The SMILES string of the molecule is CCC1CN2CCCC2CN1CC1CCCS1(=O)=O. The molecule has 0 aromatic carbocycles. The van der Waals surface area contributed by atoms with E-state index in [-0.39, 0.29) is 5.25 Å². The predicted octanol–water partition coefficient (Wildman–Crippen LogP) is 1.12. The maximum absolute atomic E-state index is 12.0. The monoisotopic (exact) mass is 286 g/mol. The van der Waals surface area contributed by atoms with Gasteiger partial charge in [0.1, 0.15) is 0 Å². The highest BCUT2D eigenvalue weighted by Crippen LogP contribution is 2.28. The van der Waals surface area contributed by atoms with Crippen LogP contribution in [0, 0.1) is 0 Å². The maximum Gasteiger partial charge on any atom is 0.154 e. The molecule has 0 aliphatic carbocycles. The second-order valence-electron chi connectivity index (χ2n) is 6.44. The molecular formula is C14H26N2O2S. The molecule has 0 saturated carbocycles. The minimum atomic E-state index is -2.80. The van der Waals surface area contributed by atoms with Gasteiger partial charge in [-0.3, -0.25) is 9.80 Å². The zero-order valence-electron chi connectivity index (χ0n) is 11.9. The smallest absolute Gasteiger partial charge is 0.154 e.